The maximum Gasteiger partial charge on any atom is 0.0210 e. The number of benzene rings is 3. The summed E-state index contributed by atoms with van der Waals surface area (Å²) in [7, 11) is 4.25. The van der Waals surface area contributed by atoms with Crippen molar-refractivity contribution in [2.24, 2.45) is 5.73 Å². The number of hydrogen-bond acceptors (Lipinski definition) is 2. The van der Waals surface area contributed by atoms with Gasteiger partial charge in [-0.1, -0.05) is 72.8 Å². The van der Waals surface area contributed by atoms with E-state index in [0.29, 0.717) is 0 Å². The Labute approximate surface area is 181 Å². The quantitative estimate of drug-likeness (QED) is 0.587. The molecule has 3 aromatic carbocycles. The normalized spacial score (nSPS) is 18.4. The number of nitrogens with two attached hydrogens (primary N) is 1. The maximum absolute atomic E-state index is 6.72. The van der Waals surface area contributed by atoms with Gasteiger partial charge in [0.2, 0.25) is 0 Å². The van der Waals surface area contributed by atoms with Crippen molar-refractivity contribution in [2.45, 2.75) is 44.1 Å². The zero-order chi connectivity index (χ0) is 21.0. The Morgan fingerprint density at radius 3 is 2.20 bits per heavy atom. The molecule has 0 aliphatic heterocycles. The van der Waals surface area contributed by atoms with Gasteiger partial charge in [0.1, 0.15) is 0 Å². The van der Waals surface area contributed by atoms with Gasteiger partial charge in [0.05, 0.1) is 0 Å². The average Bonchev–Trinajstić information content (AvgIpc) is 2.77. The molecule has 0 bridgehead atoms. The minimum atomic E-state index is -0.0424. The third-order valence-electron chi connectivity index (χ3n) is 6.53. The molecule has 0 saturated carbocycles. The van der Waals surface area contributed by atoms with E-state index in [9.17, 15) is 0 Å². The number of nitrogens with zero attached hydrogens (tertiary/aromatic N) is 1. The Hall–Kier alpha value is -2.42. The average molecular weight is 399 g/mol. The molecule has 1 aliphatic rings. The van der Waals surface area contributed by atoms with Crippen molar-refractivity contribution < 1.29 is 0 Å². The van der Waals surface area contributed by atoms with Gasteiger partial charge in [0.25, 0.3) is 0 Å². The molecule has 0 aromatic heterocycles. The molecule has 0 heterocycles. The van der Waals surface area contributed by atoms with Crippen LogP contribution in [0.4, 0.5) is 0 Å². The first-order valence-electron chi connectivity index (χ1n) is 11.2. The van der Waals surface area contributed by atoms with E-state index in [0.717, 1.165) is 45.1 Å². The molecular weight excluding hydrogens is 364 g/mol. The first kappa shape index (κ1) is 20.8. The van der Waals surface area contributed by atoms with Crippen molar-refractivity contribution in [3.8, 4) is 11.1 Å². The number of hydrogen-bond donors (Lipinski definition) is 1. The van der Waals surface area contributed by atoms with Crippen LogP contribution in [-0.2, 0) is 25.7 Å². The fraction of sp³-hybridized carbons (Fsp3) is 0.357. The highest BCUT2D eigenvalue weighted by Crippen LogP contribution is 2.30. The molecule has 3 aromatic rings. The first-order chi connectivity index (χ1) is 14.5. The Morgan fingerprint density at radius 1 is 0.800 bits per heavy atom. The second-order valence-corrected chi connectivity index (χ2v) is 9.26. The SMILES string of the molecule is CN(C)CC[C@]1(N)CCc2cc(CCc3ccc(-c4ccccc4)cc3)ccc2C1. The Morgan fingerprint density at radius 2 is 1.47 bits per heavy atom. The van der Waals surface area contributed by atoms with Crippen molar-refractivity contribution >= 4 is 0 Å². The van der Waals surface area contributed by atoms with Crippen LogP contribution in [0.15, 0.2) is 72.8 Å². The fourth-order valence-electron chi connectivity index (χ4n) is 4.53. The highest BCUT2D eigenvalue weighted by atomic mass is 15.1. The van der Waals surface area contributed by atoms with E-state index in [-0.39, 0.29) is 5.54 Å². The molecular formula is C28H34N2. The first-order valence-corrected chi connectivity index (χ1v) is 11.2. The predicted octanol–water partition coefficient (Wildman–Crippen LogP) is 5.28. The smallest absolute Gasteiger partial charge is 0.0210 e. The van der Waals surface area contributed by atoms with Crippen molar-refractivity contribution in [2.75, 3.05) is 20.6 Å². The van der Waals surface area contributed by atoms with Crippen LogP contribution >= 0.6 is 0 Å². The van der Waals surface area contributed by atoms with Gasteiger partial charge in [0.15, 0.2) is 0 Å². The summed E-state index contributed by atoms with van der Waals surface area (Å²) in [5.41, 5.74) is 15.1. The highest BCUT2D eigenvalue weighted by molar-refractivity contribution is 5.63. The lowest BCUT2D eigenvalue weighted by atomic mass is 9.76. The van der Waals surface area contributed by atoms with Gasteiger partial charge in [-0.05, 0) is 92.5 Å². The van der Waals surface area contributed by atoms with Gasteiger partial charge in [-0.15, -0.1) is 0 Å². The van der Waals surface area contributed by atoms with Crippen LogP contribution in [0.2, 0.25) is 0 Å². The summed E-state index contributed by atoms with van der Waals surface area (Å²) in [5.74, 6) is 0. The van der Waals surface area contributed by atoms with Crippen LogP contribution in [-0.4, -0.2) is 31.1 Å². The molecule has 1 atom stereocenters. The zero-order valence-corrected chi connectivity index (χ0v) is 18.4. The van der Waals surface area contributed by atoms with Gasteiger partial charge < -0.3 is 10.6 Å². The summed E-state index contributed by atoms with van der Waals surface area (Å²) in [6, 6.07) is 26.7. The molecule has 0 spiro atoms. The summed E-state index contributed by atoms with van der Waals surface area (Å²) in [6.45, 7) is 1.06. The van der Waals surface area contributed by atoms with Crippen LogP contribution in [0.25, 0.3) is 11.1 Å². The monoisotopic (exact) mass is 398 g/mol. The molecule has 2 heteroatoms. The third kappa shape index (κ3) is 5.19. The van der Waals surface area contributed by atoms with E-state index in [1.165, 1.54) is 33.4 Å². The summed E-state index contributed by atoms with van der Waals surface area (Å²) in [4.78, 5) is 2.24. The molecule has 0 radical (unpaired) electrons. The Kier molecular flexibility index (Phi) is 6.36. The highest BCUT2D eigenvalue weighted by Gasteiger charge is 2.30. The van der Waals surface area contributed by atoms with E-state index in [1.54, 1.807) is 0 Å². The summed E-state index contributed by atoms with van der Waals surface area (Å²) in [5, 5.41) is 0. The number of rotatable bonds is 7. The molecule has 1 aliphatic carbocycles. The standard InChI is InChI=1S/C28H34N2/c1-30(2)19-18-28(29)17-16-26-20-23(12-15-27(26)21-28)9-8-22-10-13-25(14-11-22)24-6-4-3-5-7-24/h3-7,10-15,20H,8-9,16-19,21,29H2,1-2H3/t28-/m1/s1. The van der Waals surface area contributed by atoms with E-state index >= 15 is 0 Å². The molecule has 30 heavy (non-hydrogen) atoms. The van der Waals surface area contributed by atoms with E-state index in [1.807, 2.05) is 0 Å². The second kappa shape index (κ2) is 9.16. The van der Waals surface area contributed by atoms with Crippen molar-refractivity contribution in [1.82, 2.24) is 4.90 Å². The van der Waals surface area contributed by atoms with Crippen molar-refractivity contribution in [1.29, 1.82) is 0 Å². The maximum atomic E-state index is 6.72. The molecule has 2 nitrogen and oxygen atoms in total. The summed E-state index contributed by atoms with van der Waals surface area (Å²) >= 11 is 0. The molecule has 0 saturated heterocycles. The number of fused-ring (bicyclic) bond motifs is 1. The van der Waals surface area contributed by atoms with Gasteiger partial charge in [0, 0.05) is 5.54 Å². The van der Waals surface area contributed by atoms with Crippen molar-refractivity contribution in [3.05, 3.63) is 95.1 Å². The van der Waals surface area contributed by atoms with Crippen LogP contribution in [0.5, 0.6) is 0 Å². The fourth-order valence-corrected chi connectivity index (χ4v) is 4.53. The van der Waals surface area contributed by atoms with Gasteiger partial charge in [-0.25, -0.2) is 0 Å². The number of aryl methyl sites for hydroxylation is 3. The van der Waals surface area contributed by atoms with E-state index < -0.39 is 0 Å². The summed E-state index contributed by atoms with van der Waals surface area (Å²) < 4.78 is 0. The van der Waals surface area contributed by atoms with Crippen molar-refractivity contribution in [3.63, 3.8) is 0 Å². The second-order valence-electron chi connectivity index (χ2n) is 9.26. The Bertz CT molecular complexity index is 960. The third-order valence-corrected chi connectivity index (χ3v) is 6.53. The molecule has 156 valence electrons. The largest absolute Gasteiger partial charge is 0.325 e. The predicted molar refractivity (Wildman–Crippen MR) is 128 cm³/mol. The van der Waals surface area contributed by atoms with Crippen LogP contribution < -0.4 is 5.73 Å². The van der Waals surface area contributed by atoms with E-state index in [4.69, 9.17) is 5.73 Å². The minimum Gasteiger partial charge on any atom is -0.325 e. The lowest BCUT2D eigenvalue weighted by Gasteiger charge is -2.36. The van der Waals surface area contributed by atoms with Crippen LogP contribution in [0.3, 0.4) is 0 Å². The summed E-state index contributed by atoms with van der Waals surface area (Å²) in [6.07, 6.45) is 6.46. The van der Waals surface area contributed by atoms with E-state index in [2.05, 4.69) is 91.8 Å². The van der Waals surface area contributed by atoms with Gasteiger partial charge >= 0.3 is 0 Å². The lowest BCUT2D eigenvalue weighted by Crippen LogP contribution is -2.47. The Balaban J connectivity index is 1.36. The molecule has 2 N–H and O–H groups in total. The zero-order valence-electron chi connectivity index (χ0n) is 18.4. The topological polar surface area (TPSA) is 29.3 Å². The molecule has 4 rings (SSSR count). The van der Waals surface area contributed by atoms with Gasteiger partial charge in [-0.3, -0.25) is 0 Å². The van der Waals surface area contributed by atoms with Crippen LogP contribution in [0.1, 0.15) is 35.1 Å². The van der Waals surface area contributed by atoms with Gasteiger partial charge in [-0.2, -0.15) is 0 Å². The molecule has 0 amide bonds. The van der Waals surface area contributed by atoms with Crippen LogP contribution in [0, 0.1) is 0 Å². The molecule has 0 unspecified atom stereocenters. The molecule has 0 fully saturated rings. The minimum absolute atomic E-state index is 0.0424. The lowest BCUT2D eigenvalue weighted by molar-refractivity contribution is 0.288.